The van der Waals surface area contributed by atoms with Crippen molar-refractivity contribution in [1.29, 1.82) is 0 Å². The minimum absolute atomic E-state index is 0.114. The van der Waals surface area contributed by atoms with Crippen molar-refractivity contribution in [3.8, 4) is 0 Å². The first kappa shape index (κ1) is 14.9. The molecule has 4 heteroatoms. The second kappa shape index (κ2) is 6.82. The number of nitrogens with two attached hydrogens (primary N) is 1. The highest BCUT2D eigenvalue weighted by molar-refractivity contribution is 9.10. The van der Waals surface area contributed by atoms with E-state index in [9.17, 15) is 4.39 Å². The molecular weight excluding hydrogens is 307 g/mol. The molecule has 0 aliphatic carbocycles. The highest BCUT2D eigenvalue weighted by Gasteiger charge is 2.26. The van der Waals surface area contributed by atoms with E-state index >= 15 is 0 Å². The van der Waals surface area contributed by atoms with Crippen LogP contribution in [0.2, 0.25) is 0 Å². The SMILES string of the molecule is CCC1CCN(C(CN)c2cc(F)ccc2Br)CC1. The van der Waals surface area contributed by atoms with Crippen LogP contribution in [0, 0.1) is 11.7 Å². The average molecular weight is 329 g/mol. The zero-order valence-corrected chi connectivity index (χ0v) is 13.0. The Hall–Kier alpha value is -0.450. The number of piperidine rings is 1. The van der Waals surface area contributed by atoms with Gasteiger partial charge in [-0.1, -0.05) is 29.3 Å². The molecule has 2 nitrogen and oxygen atoms in total. The van der Waals surface area contributed by atoms with Gasteiger partial charge in [-0.05, 0) is 55.6 Å². The van der Waals surface area contributed by atoms with Gasteiger partial charge in [-0.25, -0.2) is 4.39 Å². The topological polar surface area (TPSA) is 29.3 Å². The molecule has 1 aromatic rings. The lowest BCUT2D eigenvalue weighted by Crippen LogP contribution is -2.39. The maximum atomic E-state index is 13.4. The summed E-state index contributed by atoms with van der Waals surface area (Å²) in [7, 11) is 0. The Bertz CT molecular complexity index is 417. The van der Waals surface area contributed by atoms with Gasteiger partial charge in [-0.2, -0.15) is 0 Å². The van der Waals surface area contributed by atoms with Gasteiger partial charge in [0, 0.05) is 17.1 Å². The molecular formula is C15H22BrFN2. The molecule has 0 radical (unpaired) electrons. The van der Waals surface area contributed by atoms with Gasteiger partial charge in [0.05, 0.1) is 0 Å². The molecule has 1 aliphatic heterocycles. The third kappa shape index (κ3) is 3.56. The second-order valence-electron chi connectivity index (χ2n) is 5.30. The van der Waals surface area contributed by atoms with E-state index in [-0.39, 0.29) is 11.9 Å². The number of hydrogen-bond donors (Lipinski definition) is 1. The molecule has 1 aromatic carbocycles. The molecule has 19 heavy (non-hydrogen) atoms. The minimum atomic E-state index is -0.194. The first-order valence-corrected chi connectivity index (χ1v) is 7.84. The van der Waals surface area contributed by atoms with Crippen LogP contribution in [-0.2, 0) is 0 Å². The summed E-state index contributed by atoms with van der Waals surface area (Å²) in [5.41, 5.74) is 6.91. The largest absolute Gasteiger partial charge is 0.329 e. The molecule has 1 saturated heterocycles. The van der Waals surface area contributed by atoms with E-state index < -0.39 is 0 Å². The van der Waals surface area contributed by atoms with Crippen LogP contribution >= 0.6 is 15.9 Å². The van der Waals surface area contributed by atoms with E-state index in [1.807, 2.05) is 0 Å². The molecule has 0 bridgehead atoms. The van der Waals surface area contributed by atoms with Gasteiger partial charge in [0.25, 0.3) is 0 Å². The van der Waals surface area contributed by atoms with Crippen LogP contribution in [-0.4, -0.2) is 24.5 Å². The summed E-state index contributed by atoms with van der Waals surface area (Å²) >= 11 is 3.52. The fourth-order valence-corrected chi connectivity index (χ4v) is 3.43. The van der Waals surface area contributed by atoms with Crippen LogP contribution in [0.5, 0.6) is 0 Å². The average Bonchev–Trinajstić information content (AvgIpc) is 2.44. The molecule has 1 aliphatic rings. The summed E-state index contributed by atoms with van der Waals surface area (Å²) in [5, 5.41) is 0. The first-order chi connectivity index (χ1) is 9.15. The molecule has 106 valence electrons. The Balaban J connectivity index is 2.14. The van der Waals surface area contributed by atoms with E-state index in [1.165, 1.54) is 25.3 Å². The van der Waals surface area contributed by atoms with Gasteiger partial charge in [-0.15, -0.1) is 0 Å². The summed E-state index contributed by atoms with van der Waals surface area (Å²) < 4.78 is 14.4. The van der Waals surface area contributed by atoms with Gasteiger partial charge >= 0.3 is 0 Å². The molecule has 1 atom stereocenters. The zero-order valence-electron chi connectivity index (χ0n) is 11.4. The quantitative estimate of drug-likeness (QED) is 0.912. The monoisotopic (exact) mass is 328 g/mol. The van der Waals surface area contributed by atoms with Crippen molar-refractivity contribution in [3.05, 3.63) is 34.1 Å². The Labute approximate surface area is 123 Å². The lowest BCUT2D eigenvalue weighted by Gasteiger charge is -2.37. The summed E-state index contributed by atoms with van der Waals surface area (Å²) in [4.78, 5) is 2.39. The molecule has 0 saturated carbocycles. The summed E-state index contributed by atoms with van der Waals surface area (Å²) in [6.45, 7) is 4.90. The van der Waals surface area contributed by atoms with Crippen LogP contribution < -0.4 is 5.73 Å². The lowest BCUT2D eigenvalue weighted by molar-refractivity contribution is 0.133. The fraction of sp³-hybridized carbons (Fsp3) is 0.600. The number of nitrogens with zero attached hydrogens (tertiary/aromatic N) is 1. The Morgan fingerprint density at radius 3 is 2.68 bits per heavy atom. The predicted molar refractivity (Wildman–Crippen MR) is 80.5 cm³/mol. The van der Waals surface area contributed by atoms with Crippen molar-refractivity contribution in [2.75, 3.05) is 19.6 Å². The molecule has 2 N–H and O–H groups in total. The van der Waals surface area contributed by atoms with Crippen LogP contribution in [0.15, 0.2) is 22.7 Å². The number of benzene rings is 1. The standard InChI is InChI=1S/C15H22BrFN2/c1-2-11-5-7-19(8-6-11)15(10-18)13-9-12(17)3-4-14(13)16/h3-4,9,11,15H,2,5-8,10,18H2,1H3. The third-order valence-electron chi connectivity index (χ3n) is 4.21. The van der Waals surface area contributed by atoms with Gasteiger partial charge in [0.1, 0.15) is 5.82 Å². The van der Waals surface area contributed by atoms with Crippen molar-refractivity contribution in [3.63, 3.8) is 0 Å². The molecule has 1 heterocycles. The normalized spacial score (nSPS) is 19.6. The van der Waals surface area contributed by atoms with E-state index in [1.54, 1.807) is 12.1 Å². The predicted octanol–water partition coefficient (Wildman–Crippen LogP) is 3.71. The highest BCUT2D eigenvalue weighted by atomic mass is 79.9. The van der Waals surface area contributed by atoms with Crippen LogP contribution in [0.3, 0.4) is 0 Å². The maximum Gasteiger partial charge on any atom is 0.123 e. The number of hydrogen-bond acceptors (Lipinski definition) is 2. The van der Waals surface area contributed by atoms with Gasteiger partial charge in [0.2, 0.25) is 0 Å². The zero-order chi connectivity index (χ0) is 13.8. The summed E-state index contributed by atoms with van der Waals surface area (Å²) in [6.07, 6.45) is 3.70. The Morgan fingerprint density at radius 1 is 1.42 bits per heavy atom. The van der Waals surface area contributed by atoms with Gasteiger partial charge < -0.3 is 5.73 Å². The van der Waals surface area contributed by atoms with Crippen molar-refractivity contribution >= 4 is 15.9 Å². The molecule has 0 amide bonds. The lowest BCUT2D eigenvalue weighted by atomic mass is 9.92. The van der Waals surface area contributed by atoms with E-state index in [0.717, 1.165) is 29.0 Å². The Kier molecular flexibility index (Phi) is 5.37. The highest BCUT2D eigenvalue weighted by Crippen LogP contribution is 2.31. The first-order valence-electron chi connectivity index (χ1n) is 7.04. The smallest absolute Gasteiger partial charge is 0.123 e. The summed E-state index contributed by atoms with van der Waals surface area (Å²) in [6, 6.07) is 4.97. The Morgan fingerprint density at radius 2 is 2.11 bits per heavy atom. The molecule has 0 spiro atoms. The van der Waals surface area contributed by atoms with Crippen molar-refractivity contribution in [2.24, 2.45) is 11.7 Å². The van der Waals surface area contributed by atoms with Crippen molar-refractivity contribution in [2.45, 2.75) is 32.2 Å². The fourth-order valence-electron chi connectivity index (χ4n) is 2.92. The van der Waals surface area contributed by atoms with Crippen LogP contribution in [0.25, 0.3) is 0 Å². The number of halogens is 2. The van der Waals surface area contributed by atoms with Crippen molar-refractivity contribution in [1.82, 2.24) is 4.90 Å². The number of likely N-dealkylation sites (tertiary alicyclic amines) is 1. The van der Waals surface area contributed by atoms with E-state index in [0.29, 0.717) is 6.54 Å². The molecule has 1 fully saturated rings. The van der Waals surface area contributed by atoms with Gasteiger partial charge in [0.15, 0.2) is 0 Å². The molecule has 2 rings (SSSR count). The van der Waals surface area contributed by atoms with E-state index in [4.69, 9.17) is 5.73 Å². The third-order valence-corrected chi connectivity index (χ3v) is 4.93. The number of rotatable bonds is 4. The van der Waals surface area contributed by atoms with Gasteiger partial charge in [-0.3, -0.25) is 4.90 Å². The van der Waals surface area contributed by atoms with E-state index in [2.05, 4.69) is 27.8 Å². The van der Waals surface area contributed by atoms with Crippen molar-refractivity contribution < 1.29 is 4.39 Å². The van der Waals surface area contributed by atoms with Crippen LogP contribution in [0.1, 0.15) is 37.8 Å². The molecule has 1 unspecified atom stereocenters. The summed E-state index contributed by atoms with van der Waals surface area (Å²) in [5.74, 6) is 0.644. The van der Waals surface area contributed by atoms with Crippen LogP contribution in [0.4, 0.5) is 4.39 Å². The second-order valence-corrected chi connectivity index (χ2v) is 6.16. The molecule has 0 aromatic heterocycles. The maximum absolute atomic E-state index is 13.4. The minimum Gasteiger partial charge on any atom is -0.329 e.